The van der Waals surface area contributed by atoms with E-state index in [1.54, 1.807) is 12.1 Å². The van der Waals surface area contributed by atoms with Crippen molar-refractivity contribution in [1.29, 1.82) is 0 Å². The van der Waals surface area contributed by atoms with Gasteiger partial charge in [-0.2, -0.15) is 17.5 Å². The summed E-state index contributed by atoms with van der Waals surface area (Å²) in [5.74, 6) is 0. The van der Waals surface area contributed by atoms with E-state index in [1.165, 1.54) is 23.5 Å². The highest BCUT2D eigenvalue weighted by Crippen LogP contribution is 2.36. The summed E-state index contributed by atoms with van der Waals surface area (Å²) in [5.41, 5.74) is -0.211. The molecule has 0 aliphatic carbocycles. The number of sulfonamides is 1. The maximum Gasteiger partial charge on any atom is 0.417 e. The third-order valence-corrected chi connectivity index (χ3v) is 6.76. The Morgan fingerprint density at radius 1 is 0.964 bits per heavy atom. The molecule has 0 spiro atoms. The number of rotatable bonds is 2. The molecule has 3 aromatic rings. The Balaban J connectivity index is 1.86. The van der Waals surface area contributed by atoms with Crippen molar-refractivity contribution in [3.05, 3.63) is 75.6 Å². The monoisotopic (exact) mass is 408 g/mol. The highest BCUT2D eigenvalue weighted by molar-refractivity contribution is 7.89. The van der Waals surface area contributed by atoms with Crippen LogP contribution in [-0.4, -0.2) is 17.3 Å². The molecule has 2 aromatic carbocycles. The topological polar surface area (TPSA) is 59.4 Å². The zero-order valence-electron chi connectivity index (χ0n) is 14.7. The molecule has 28 heavy (non-hydrogen) atoms. The first-order valence-electron chi connectivity index (χ1n) is 8.37. The molecule has 0 atom stereocenters. The fraction of sp³-hybridized carbons (Fsp3) is 0.211. The Kier molecular flexibility index (Phi) is 4.13. The largest absolute Gasteiger partial charge is 0.417 e. The normalized spacial score (nSPS) is 15.1. The van der Waals surface area contributed by atoms with Crippen LogP contribution in [0, 0.1) is 0 Å². The van der Waals surface area contributed by atoms with E-state index in [0.29, 0.717) is 6.07 Å². The van der Waals surface area contributed by atoms with Crippen LogP contribution in [0.25, 0.3) is 10.9 Å². The van der Waals surface area contributed by atoms with Gasteiger partial charge in [-0.3, -0.25) is 4.79 Å². The summed E-state index contributed by atoms with van der Waals surface area (Å²) in [4.78, 5) is 11.6. The van der Waals surface area contributed by atoms with Gasteiger partial charge >= 0.3 is 6.18 Å². The molecule has 0 amide bonds. The Bertz CT molecular complexity index is 1240. The van der Waals surface area contributed by atoms with Gasteiger partial charge in [-0.1, -0.05) is 24.3 Å². The standard InChI is InChI=1S/C19H15F3N2O3S/c1-23-17-7-6-14(8-15(17)16(9-18(23)25)19(20,21)22)28(26,27)24-10-12-4-2-3-5-13(12)11-24/h2-9H,10-11H2,1H3. The van der Waals surface area contributed by atoms with E-state index in [2.05, 4.69) is 0 Å². The van der Waals surface area contributed by atoms with Gasteiger partial charge in [0.2, 0.25) is 10.0 Å². The fourth-order valence-electron chi connectivity index (χ4n) is 3.46. The second-order valence-corrected chi connectivity index (χ2v) is 8.61. The van der Waals surface area contributed by atoms with Crippen LogP contribution in [0.3, 0.4) is 0 Å². The number of hydrogen-bond acceptors (Lipinski definition) is 3. The van der Waals surface area contributed by atoms with E-state index in [0.717, 1.165) is 21.8 Å². The molecule has 5 nitrogen and oxygen atoms in total. The highest BCUT2D eigenvalue weighted by atomic mass is 32.2. The van der Waals surface area contributed by atoms with Crippen molar-refractivity contribution < 1.29 is 21.6 Å². The van der Waals surface area contributed by atoms with Gasteiger partial charge in [0.15, 0.2) is 0 Å². The van der Waals surface area contributed by atoms with Crippen LogP contribution < -0.4 is 5.56 Å². The minimum absolute atomic E-state index is 0.0171. The van der Waals surface area contributed by atoms with Gasteiger partial charge in [0, 0.05) is 31.6 Å². The van der Waals surface area contributed by atoms with E-state index >= 15 is 0 Å². The molecule has 0 N–H and O–H groups in total. The van der Waals surface area contributed by atoms with Crippen molar-refractivity contribution in [3.8, 4) is 0 Å². The van der Waals surface area contributed by atoms with E-state index in [1.807, 2.05) is 12.1 Å². The van der Waals surface area contributed by atoms with Crippen LogP contribution in [0.2, 0.25) is 0 Å². The number of alkyl halides is 3. The van der Waals surface area contributed by atoms with Crippen LogP contribution in [-0.2, 0) is 36.3 Å². The lowest BCUT2D eigenvalue weighted by Gasteiger charge is -2.18. The number of halogens is 3. The van der Waals surface area contributed by atoms with Crippen LogP contribution >= 0.6 is 0 Å². The SMILES string of the molecule is Cn1c(=O)cc(C(F)(F)F)c2cc(S(=O)(=O)N3Cc4ccccc4C3)ccc21. The number of aromatic nitrogens is 1. The number of hydrogen-bond donors (Lipinski definition) is 0. The molecule has 1 aliphatic heterocycles. The summed E-state index contributed by atoms with van der Waals surface area (Å²) in [6.45, 7) is 0.325. The molecular weight excluding hydrogens is 393 g/mol. The summed E-state index contributed by atoms with van der Waals surface area (Å²) < 4.78 is 68.7. The predicted molar refractivity (Wildman–Crippen MR) is 97.1 cm³/mol. The first kappa shape index (κ1) is 18.7. The number of fused-ring (bicyclic) bond motifs is 2. The Morgan fingerprint density at radius 3 is 2.14 bits per heavy atom. The molecule has 1 aromatic heterocycles. The van der Waals surface area contributed by atoms with Gasteiger partial charge in [0.05, 0.1) is 16.0 Å². The molecular formula is C19H15F3N2O3S. The van der Waals surface area contributed by atoms with E-state index in [4.69, 9.17) is 0 Å². The number of nitrogens with zero attached hydrogens (tertiary/aromatic N) is 2. The van der Waals surface area contributed by atoms with Crippen molar-refractivity contribution in [2.75, 3.05) is 0 Å². The molecule has 0 fully saturated rings. The molecule has 4 rings (SSSR count). The summed E-state index contributed by atoms with van der Waals surface area (Å²) in [5, 5.41) is -0.326. The lowest BCUT2D eigenvalue weighted by Crippen LogP contribution is -2.26. The summed E-state index contributed by atoms with van der Waals surface area (Å²) >= 11 is 0. The summed E-state index contributed by atoms with van der Waals surface area (Å²) in [7, 11) is -2.66. The molecule has 9 heteroatoms. The number of pyridine rings is 1. The zero-order valence-corrected chi connectivity index (χ0v) is 15.5. The second kappa shape index (κ2) is 6.18. The molecule has 0 unspecified atom stereocenters. The summed E-state index contributed by atoms with van der Waals surface area (Å²) in [6, 6.07) is 11.2. The quantitative estimate of drug-likeness (QED) is 0.654. The van der Waals surface area contributed by atoms with Gasteiger partial charge < -0.3 is 4.57 Å². The van der Waals surface area contributed by atoms with Crippen LogP contribution in [0.4, 0.5) is 13.2 Å². The van der Waals surface area contributed by atoms with E-state index < -0.39 is 27.3 Å². The zero-order chi connectivity index (χ0) is 20.3. The van der Waals surface area contributed by atoms with Gasteiger partial charge in [0.1, 0.15) is 0 Å². The lowest BCUT2D eigenvalue weighted by molar-refractivity contribution is -0.136. The minimum atomic E-state index is -4.78. The average Bonchev–Trinajstić information content (AvgIpc) is 3.08. The highest BCUT2D eigenvalue weighted by Gasteiger charge is 2.35. The first-order chi connectivity index (χ1) is 13.1. The van der Waals surface area contributed by atoms with Gasteiger partial charge in [-0.05, 0) is 29.3 Å². The van der Waals surface area contributed by atoms with Crippen molar-refractivity contribution in [3.63, 3.8) is 0 Å². The van der Waals surface area contributed by atoms with Crippen LogP contribution in [0.15, 0.2) is 58.2 Å². The van der Waals surface area contributed by atoms with Crippen molar-refractivity contribution >= 4 is 20.9 Å². The molecule has 0 radical (unpaired) electrons. The Labute approximate surface area is 158 Å². The second-order valence-electron chi connectivity index (χ2n) is 6.67. The summed E-state index contributed by atoms with van der Waals surface area (Å²) in [6.07, 6.45) is -4.78. The smallest absolute Gasteiger partial charge is 0.311 e. The maximum atomic E-state index is 13.4. The Hall–Kier alpha value is -2.65. The number of benzene rings is 2. The predicted octanol–water partition coefficient (Wildman–Crippen LogP) is 3.26. The average molecular weight is 408 g/mol. The van der Waals surface area contributed by atoms with Crippen molar-refractivity contribution in [2.24, 2.45) is 7.05 Å². The molecule has 0 bridgehead atoms. The van der Waals surface area contributed by atoms with Crippen LogP contribution in [0.5, 0.6) is 0 Å². The minimum Gasteiger partial charge on any atom is -0.311 e. The molecule has 146 valence electrons. The van der Waals surface area contributed by atoms with Gasteiger partial charge in [-0.15, -0.1) is 0 Å². The van der Waals surface area contributed by atoms with E-state index in [9.17, 15) is 26.4 Å². The molecule has 2 heterocycles. The van der Waals surface area contributed by atoms with Gasteiger partial charge in [0.25, 0.3) is 5.56 Å². The van der Waals surface area contributed by atoms with Gasteiger partial charge in [-0.25, -0.2) is 8.42 Å². The molecule has 0 saturated carbocycles. The fourth-order valence-corrected chi connectivity index (χ4v) is 4.88. The third kappa shape index (κ3) is 2.91. The molecule has 1 aliphatic rings. The first-order valence-corrected chi connectivity index (χ1v) is 9.81. The van der Waals surface area contributed by atoms with Crippen molar-refractivity contribution in [2.45, 2.75) is 24.2 Å². The third-order valence-electron chi connectivity index (χ3n) is 4.97. The lowest BCUT2D eigenvalue weighted by atomic mass is 10.1. The molecule has 0 saturated heterocycles. The van der Waals surface area contributed by atoms with E-state index in [-0.39, 0.29) is 28.9 Å². The van der Waals surface area contributed by atoms with Crippen molar-refractivity contribution in [1.82, 2.24) is 8.87 Å². The Morgan fingerprint density at radius 2 is 1.57 bits per heavy atom. The maximum absolute atomic E-state index is 13.4. The number of aryl methyl sites for hydroxylation is 1. The van der Waals surface area contributed by atoms with Crippen LogP contribution in [0.1, 0.15) is 16.7 Å².